The summed E-state index contributed by atoms with van der Waals surface area (Å²) in [5, 5.41) is 130. The lowest BCUT2D eigenvalue weighted by Gasteiger charge is -2.51. The third-order valence-corrected chi connectivity index (χ3v) is 9.58. The molecule has 3 aliphatic heterocycles. The van der Waals surface area contributed by atoms with Crippen LogP contribution in [0.2, 0.25) is 0 Å². The molecule has 0 radical (unpaired) electrons. The summed E-state index contributed by atoms with van der Waals surface area (Å²) in [5.74, 6) is -12.8. The highest BCUT2D eigenvalue weighted by atomic mass is 32.3. The van der Waals surface area contributed by atoms with Crippen molar-refractivity contribution in [3.05, 3.63) is 0 Å². The first-order valence-electron chi connectivity index (χ1n) is 16.5. The molecule has 3 saturated heterocycles. The van der Waals surface area contributed by atoms with Crippen molar-refractivity contribution in [2.24, 2.45) is 0 Å². The summed E-state index contributed by atoms with van der Waals surface area (Å²) in [7, 11) is -5.43. The molecular formula is C28H46N2O25S. The van der Waals surface area contributed by atoms with Crippen molar-refractivity contribution >= 4 is 34.2 Å². The minimum Gasteiger partial charge on any atom is -0.477 e. The van der Waals surface area contributed by atoms with Gasteiger partial charge in [0.1, 0.15) is 61.0 Å². The molecule has 3 heterocycles. The summed E-state index contributed by atoms with van der Waals surface area (Å²) in [6.45, 7) is -2.05. The lowest BCUT2D eigenvalue weighted by atomic mass is 9.87. The molecular weight excluding hydrogens is 796 g/mol. The topological polar surface area (TPSA) is 445 Å². The fourth-order valence-corrected chi connectivity index (χ4v) is 6.99. The van der Waals surface area contributed by atoms with Crippen molar-refractivity contribution in [2.45, 2.75) is 130 Å². The Kier molecular flexibility index (Phi) is 16.0. The van der Waals surface area contributed by atoms with E-state index in [9.17, 15) is 88.9 Å². The molecule has 3 rings (SSSR count). The molecule has 56 heavy (non-hydrogen) atoms. The molecule has 28 heteroatoms. The van der Waals surface area contributed by atoms with Crippen LogP contribution in [-0.4, -0.2) is 221 Å². The van der Waals surface area contributed by atoms with Gasteiger partial charge in [0, 0.05) is 26.7 Å². The normalized spacial score (nSPS) is 38.8. The van der Waals surface area contributed by atoms with Crippen molar-refractivity contribution in [3.8, 4) is 0 Å². The van der Waals surface area contributed by atoms with Gasteiger partial charge in [-0.1, -0.05) is 0 Å². The van der Waals surface area contributed by atoms with E-state index in [0.717, 1.165) is 13.8 Å². The summed E-state index contributed by atoms with van der Waals surface area (Å²) in [6, 6.07) is -3.71. The van der Waals surface area contributed by atoms with Gasteiger partial charge in [0.25, 0.3) is 11.6 Å². The van der Waals surface area contributed by atoms with Crippen LogP contribution in [0.4, 0.5) is 0 Å². The molecule has 0 saturated carbocycles. The number of hydrogen-bond donors (Lipinski definition) is 15. The van der Waals surface area contributed by atoms with Crippen LogP contribution in [-0.2, 0) is 57.4 Å². The van der Waals surface area contributed by atoms with Crippen molar-refractivity contribution in [3.63, 3.8) is 0 Å². The summed E-state index contributed by atoms with van der Waals surface area (Å²) in [4.78, 5) is 49.7. The maximum atomic E-state index is 12.8. The first-order valence-corrected chi connectivity index (χ1v) is 17.9. The molecule has 3 aliphatic rings. The van der Waals surface area contributed by atoms with Gasteiger partial charge >= 0.3 is 22.3 Å². The molecule has 0 aliphatic carbocycles. The standard InChI is InChI=1S/C28H46N2O25S/c1-8(34)29-15-11(37)4-28(26(45)46,54-23-17(38)12(5-31)50-24(42)20(23)41)53-21(15)18(39)13(6-32)51-27(25(43)44)3-10(36)16(30-9(2)35)22(52-27)19(40)14(7-33)55-56(47,48)49/h10-24,31-33,36-42H,3-7H2,1-2H3,(H,29,34)(H,30,35)(H,43,44)(H,45,46)(H,47,48,49)/t10-,11-,12+,13+,14+,15+,16+,17+,18+,19+,20+,21+,22+,23-,24?,27+,28-/m0/s1. The Morgan fingerprint density at radius 2 is 1.21 bits per heavy atom. The van der Waals surface area contributed by atoms with E-state index in [1.54, 1.807) is 0 Å². The van der Waals surface area contributed by atoms with Crippen molar-refractivity contribution in [2.75, 3.05) is 19.8 Å². The number of aliphatic carboxylic acids is 2. The number of aliphatic hydroxyl groups is 10. The zero-order valence-electron chi connectivity index (χ0n) is 29.3. The Bertz CT molecular complexity index is 1510. The monoisotopic (exact) mass is 842 g/mol. The molecule has 0 aromatic heterocycles. The highest BCUT2D eigenvalue weighted by Crippen LogP contribution is 2.39. The molecule has 2 amide bonds. The van der Waals surface area contributed by atoms with E-state index in [0.29, 0.717) is 0 Å². The molecule has 3 fully saturated rings. The number of ether oxygens (including phenoxy) is 5. The van der Waals surface area contributed by atoms with Crippen LogP contribution in [0.5, 0.6) is 0 Å². The van der Waals surface area contributed by atoms with Crippen LogP contribution in [0, 0.1) is 0 Å². The Hall–Kier alpha value is -2.85. The van der Waals surface area contributed by atoms with E-state index in [4.69, 9.17) is 28.2 Å². The second kappa shape index (κ2) is 18.8. The maximum absolute atomic E-state index is 12.8. The van der Waals surface area contributed by atoms with E-state index < -0.39 is 170 Å². The fourth-order valence-electron chi connectivity index (χ4n) is 6.50. The van der Waals surface area contributed by atoms with Gasteiger partial charge in [-0.25, -0.2) is 13.8 Å². The summed E-state index contributed by atoms with van der Waals surface area (Å²) in [5.41, 5.74) is 0. The van der Waals surface area contributed by atoms with Gasteiger partial charge in [-0.15, -0.1) is 0 Å². The van der Waals surface area contributed by atoms with Crippen LogP contribution in [0.3, 0.4) is 0 Å². The highest BCUT2D eigenvalue weighted by molar-refractivity contribution is 7.80. The van der Waals surface area contributed by atoms with Crippen LogP contribution < -0.4 is 10.6 Å². The number of carbonyl (C=O) groups is 4. The maximum Gasteiger partial charge on any atom is 0.397 e. The Morgan fingerprint density at radius 1 is 0.768 bits per heavy atom. The van der Waals surface area contributed by atoms with E-state index in [2.05, 4.69) is 14.8 Å². The average molecular weight is 843 g/mol. The Balaban J connectivity index is 2.08. The second-order valence-electron chi connectivity index (χ2n) is 13.2. The van der Waals surface area contributed by atoms with E-state index in [1.165, 1.54) is 0 Å². The SMILES string of the molecule is CC(=O)N[C@H]1[C@H]([C@H](O)[C@@H](CO)O[C@]2(C(=O)O)C[C@H](O)[C@@H](NC(C)=O)[C@H]([C@H](O)[C@@H](CO)OS(=O)(=O)O)O2)O[C@@](O[C@H]2[C@H](O)[C@@H](CO)OC(O)[C@@H]2O)(C(=O)O)C[C@@H]1O. The fraction of sp³-hybridized carbons (Fsp3) is 0.857. The molecule has 0 aromatic carbocycles. The van der Waals surface area contributed by atoms with Crippen LogP contribution in [0.25, 0.3) is 0 Å². The number of carboxylic acid groups (broad SMARTS) is 2. The smallest absolute Gasteiger partial charge is 0.397 e. The van der Waals surface area contributed by atoms with Gasteiger partial charge in [0.05, 0.1) is 44.1 Å². The molecule has 0 spiro atoms. The third-order valence-electron chi connectivity index (χ3n) is 9.09. The zero-order chi connectivity index (χ0) is 42.7. The van der Waals surface area contributed by atoms with Gasteiger partial charge in [-0.3, -0.25) is 14.1 Å². The first kappa shape index (κ1) is 47.5. The Labute approximate surface area is 315 Å². The van der Waals surface area contributed by atoms with Crippen molar-refractivity contribution < 1.29 is 121 Å². The molecule has 0 aromatic rings. The molecule has 1 unspecified atom stereocenters. The summed E-state index contributed by atoms with van der Waals surface area (Å²) >= 11 is 0. The molecule has 17 atom stereocenters. The van der Waals surface area contributed by atoms with Crippen molar-refractivity contribution in [1.82, 2.24) is 10.6 Å². The summed E-state index contributed by atoms with van der Waals surface area (Å²) < 4.78 is 62.9. The predicted octanol–water partition coefficient (Wildman–Crippen LogP) is -9.05. The van der Waals surface area contributed by atoms with Gasteiger partial charge in [-0.2, -0.15) is 8.42 Å². The molecule has 324 valence electrons. The highest BCUT2D eigenvalue weighted by Gasteiger charge is 2.61. The molecule has 15 N–H and O–H groups in total. The minimum absolute atomic E-state index is 0.906. The van der Waals surface area contributed by atoms with Crippen LogP contribution in [0.1, 0.15) is 26.7 Å². The number of carboxylic acids is 2. The number of aliphatic hydroxyl groups excluding tert-OH is 10. The quantitative estimate of drug-likeness (QED) is 0.0605. The van der Waals surface area contributed by atoms with Crippen molar-refractivity contribution in [1.29, 1.82) is 0 Å². The largest absolute Gasteiger partial charge is 0.477 e. The van der Waals surface area contributed by atoms with E-state index in [1.807, 2.05) is 0 Å². The summed E-state index contributed by atoms with van der Waals surface area (Å²) in [6.07, 6.45) is -31.5. The first-order chi connectivity index (χ1) is 25.9. The number of amides is 2. The second-order valence-corrected chi connectivity index (χ2v) is 14.2. The Morgan fingerprint density at radius 3 is 1.62 bits per heavy atom. The number of hydrogen-bond acceptors (Lipinski definition) is 22. The lowest BCUT2D eigenvalue weighted by Crippen LogP contribution is -2.71. The van der Waals surface area contributed by atoms with Crippen LogP contribution >= 0.6 is 0 Å². The predicted molar refractivity (Wildman–Crippen MR) is 169 cm³/mol. The van der Waals surface area contributed by atoms with Gasteiger partial charge in [0.2, 0.25) is 11.8 Å². The number of rotatable bonds is 17. The zero-order valence-corrected chi connectivity index (χ0v) is 30.1. The number of carbonyl (C=O) groups excluding carboxylic acids is 2. The van der Waals surface area contributed by atoms with E-state index in [-0.39, 0.29) is 0 Å². The van der Waals surface area contributed by atoms with Gasteiger partial charge in [0.15, 0.2) is 6.29 Å². The van der Waals surface area contributed by atoms with Crippen LogP contribution in [0.15, 0.2) is 0 Å². The van der Waals surface area contributed by atoms with E-state index >= 15 is 0 Å². The number of nitrogens with one attached hydrogen (secondary N) is 2. The third kappa shape index (κ3) is 10.6. The van der Waals surface area contributed by atoms with Gasteiger partial charge in [-0.05, 0) is 0 Å². The lowest BCUT2D eigenvalue weighted by molar-refractivity contribution is -0.371. The average Bonchev–Trinajstić information content (AvgIpc) is 3.10. The minimum atomic E-state index is -5.43. The molecule has 0 bridgehead atoms. The molecule has 27 nitrogen and oxygen atoms in total. The van der Waals surface area contributed by atoms with Gasteiger partial charge < -0.3 is 95.6 Å².